The molecule has 7 nitrogen and oxygen atoms in total. The van der Waals surface area contributed by atoms with E-state index in [0.29, 0.717) is 31.1 Å². The first-order valence-electron chi connectivity index (χ1n) is 9.16. The highest BCUT2D eigenvalue weighted by atomic mass is 19.1. The van der Waals surface area contributed by atoms with Gasteiger partial charge in [0, 0.05) is 25.8 Å². The Balaban J connectivity index is 1.69. The van der Waals surface area contributed by atoms with Crippen molar-refractivity contribution in [1.29, 1.82) is 0 Å². The summed E-state index contributed by atoms with van der Waals surface area (Å²) in [6.45, 7) is 4.81. The molecule has 0 spiro atoms. The van der Waals surface area contributed by atoms with Crippen LogP contribution >= 0.6 is 0 Å². The van der Waals surface area contributed by atoms with E-state index >= 15 is 0 Å². The van der Waals surface area contributed by atoms with E-state index in [2.05, 4.69) is 5.32 Å². The van der Waals surface area contributed by atoms with Crippen LogP contribution in [0.3, 0.4) is 0 Å². The predicted octanol–water partition coefficient (Wildman–Crippen LogP) is 1.76. The molecule has 2 heterocycles. The fourth-order valence-corrected chi connectivity index (χ4v) is 3.66. The fourth-order valence-electron chi connectivity index (χ4n) is 3.66. The Labute approximate surface area is 158 Å². The zero-order valence-electron chi connectivity index (χ0n) is 15.8. The molecule has 0 saturated carbocycles. The van der Waals surface area contributed by atoms with Gasteiger partial charge in [-0.1, -0.05) is 19.9 Å². The van der Waals surface area contributed by atoms with Crippen molar-refractivity contribution in [3.63, 3.8) is 0 Å². The minimum atomic E-state index is -0.669. The Hall–Kier alpha value is -2.64. The molecule has 2 aliphatic heterocycles. The number of anilines is 1. The molecule has 0 aromatic heterocycles. The molecule has 2 atom stereocenters. The van der Waals surface area contributed by atoms with Crippen molar-refractivity contribution in [2.45, 2.75) is 32.4 Å². The van der Waals surface area contributed by atoms with Crippen LogP contribution in [0.1, 0.15) is 20.3 Å². The highest BCUT2D eigenvalue weighted by molar-refractivity contribution is 5.98. The summed E-state index contributed by atoms with van der Waals surface area (Å²) in [5, 5.41) is 2.64. The zero-order valence-corrected chi connectivity index (χ0v) is 15.8. The van der Waals surface area contributed by atoms with E-state index < -0.39 is 23.9 Å². The highest BCUT2D eigenvalue weighted by Crippen LogP contribution is 2.25. The molecule has 8 heteroatoms. The van der Waals surface area contributed by atoms with Crippen molar-refractivity contribution < 1.29 is 18.8 Å². The largest absolute Gasteiger partial charge is 0.332 e. The molecule has 0 radical (unpaired) electrons. The monoisotopic (exact) mass is 376 g/mol. The number of halogens is 1. The van der Waals surface area contributed by atoms with Crippen LogP contribution in [0.15, 0.2) is 24.3 Å². The van der Waals surface area contributed by atoms with Crippen molar-refractivity contribution in [3.05, 3.63) is 30.1 Å². The van der Waals surface area contributed by atoms with Gasteiger partial charge in [-0.3, -0.25) is 9.59 Å². The molecule has 146 valence electrons. The molecule has 2 fully saturated rings. The molecule has 0 bridgehead atoms. The number of nitrogens with zero attached hydrogens (tertiary/aromatic N) is 3. The number of amides is 4. The van der Waals surface area contributed by atoms with Gasteiger partial charge in [0.05, 0.1) is 6.54 Å². The summed E-state index contributed by atoms with van der Waals surface area (Å²) in [4.78, 5) is 42.7. The second-order valence-corrected chi connectivity index (χ2v) is 7.53. The molecule has 3 rings (SSSR count). The van der Waals surface area contributed by atoms with Gasteiger partial charge in [0.25, 0.3) is 0 Å². The second kappa shape index (κ2) is 7.54. The van der Waals surface area contributed by atoms with Gasteiger partial charge < -0.3 is 20.0 Å². The Kier molecular flexibility index (Phi) is 5.34. The minimum Gasteiger partial charge on any atom is -0.332 e. The highest BCUT2D eigenvalue weighted by Gasteiger charge is 2.47. The van der Waals surface area contributed by atoms with Gasteiger partial charge in [0.15, 0.2) is 0 Å². The van der Waals surface area contributed by atoms with Gasteiger partial charge in [-0.25, -0.2) is 9.18 Å². The third-order valence-corrected chi connectivity index (χ3v) is 5.11. The van der Waals surface area contributed by atoms with Gasteiger partial charge in [0.2, 0.25) is 11.8 Å². The summed E-state index contributed by atoms with van der Waals surface area (Å²) >= 11 is 0. The van der Waals surface area contributed by atoms with Crippen LogP contribution in [0.25, 0.3) is 0 Å². The first kappa shape index (κ1) is 19.1. The number of benzene rings is 1. The molecule has 27 heavy (non-hydrogen) atoms. The minimum absolute atomic E-state index is 0.0546. The number of piperazine rings is 2. The predicted molar refractivity (Wildman–Crippen MR) is 98.5 cm³/mol. The van der Waals surface area contributed by atoms with Crippen LogP contribution in [0.2, 0.25) is 0 Å². The lowest BCUT2D eigenvalue weighted by molar-refractivity contribution is -0.163. The summed E-state index contributed by atoms with van der Waals surface area (Å²) in [7, 11) is 1.65. The maximum atomic E-state index is 13.3. The van der Waals surface area contributed by atoms with Crippen LogP contribution < -0.4 is 5.32 Å². The summed E-state index contributed by atoms with van der Waals surface area (Å²) in [5.74, 6) is -0.350. The Morgan fingerprint density at radius 3 is 2.67 bits per heavy atom. The van der Waals surface area contributed by atoms with Gasteiger partial charge in [-0.2, -0.15) is 0 Å². The topological polar surface area (TPSA) is 73.0 Å². The zero-order chi connectivity index (χ0) is 19.7. The van der Waals surface area contributed by atoms with Crippen LogP contribution in [-0.2, 0) is 9.59 Å². The number of urea groups is 1. The first-order chi connectivity index (χ1) is 12.8. The fraction of sp³-hybridized carbons (Fsp3) is 0.526. The molecule has 0 unspecified atom stereocenters. The van der Waals surface area contributed by atoms with Gasteiger partial charge in [0.1, 0.15) is 17.9 Å². The van der Waals surface area contributed by atoms with Crippen LogP contribution in [0.4, 0.5) is 14.9 Å². The van der Waals surface area contributed by atoms with Crippen LogP contribution in [-0.4, -0.2) is 71.3 Å². The van der Waals surface area contributed by atoms with E-state index in [1.807, 2.05) is 13.8 Å². The molecular weight excluding hydrogens is 351 g/mol. The molecule has 1 aromatic rings. The third-order valence-electron chi connectivity index (χ3n) is 5.11. The normalized spacial score (nSPS) is 22.9. The lowest BCUT2D eigenvalue weighted by atomic mass is 9.95. The lowest BCUT2D eigenvalue weighted by Crippen LogP contribution is -2.70. The molecular formula is C19H25FN4O3. The number of hydrogen-bond acceptors (Lipinski definition) is 3. The van der Waals surface area contributed by atoms with E-state index in [-0.39, 0.29) is 18.4 Å². The van der Waals surface area contributed by atoms with Crippen molar-refractivity contribution in [2.24, 2.45) is 5.92 Å². The summed E-state index contributed by atoms with van der Waals surface area (Å²) < 4.78 is 13.3. The Bertz CT molecular complexity index is 754. The lowest BCUT2D eigenvalue weighted by Gasteiger charge is -2.48. The average Bonchev–Trinajstić information content (AvgIpc) is 2.62. The molecule has 4 amide bonds. The summed E-state index contributed by atoms with van der Waals surface area (Å²) in [6.07, 6.45) is 0.619. The number of hydrogen-bond donors (Lipinski definition) is 1. The quantitative estimate of drug-likeness (QED) is 0.874. The SMILES string of the molecule is CC(C)C[C@H]1C(=O)N2CCN(C(=O)Nc3cccc(F)c3)C[C@@H]2C(=O)N1C. The Morgan fingerprint density at radius 2 is 2.00 bits per heavy atom. The maximum Gasteiger partial charge on any atom is 0.321 e. The molecule has 1 aromatic carbocycles. The molecule has 0 aliphatic carbocycles. The second-order valence-electron chi connectivity index (χ2n) is 7.53. The number of carbonyl (C=O) groups excluding carboxylic acids is 3. The average molecular weight is 376 g/mol. The van der Waals surface area contributed by atoms with Gasteiger partial charge in [-0.05, 0) is 30.5 Å². The van der Waals surface area contributed by atoms with E-state index in [1.54, 1.807) is 18.0 Å². The van der Waals surface area contributed by atoms with Gasteiger partial charge >= 0.3 is 6.03 Å². The van der Waals surface area contributed by atoms with Crippen molar-refractivity contribution in [2.75, 3.05) is 32.0 Å². The standard InChI is InChI=1S/C19H25FN4O3/c1-12(2)9-15-18(26)24-8-7-23(11-16(24)17(25)22(15)3)19(27)21-14-6-4-5-13(20)10-14/h4-6,10,12,15-16H,7-9,11H2,1-3H3,(H,21,27)/t15-,16+/m0/s1. The van der Waals surface area contributed by atoms with Crippen LogP contribution in [0.5, 0.6) is 0 Å². The van der Waals surface area contributed by atoms with E-state index in [0.717, 1.165) is 0 Å². The van der Waals surface area contributed by atoms with Crippen LogP contribution in [0, 0.1) is 11.7 Å². The first-order valence-corrected chi connectivity index (χ1v) is 9.16. The maximum absolute atomic E-state index is 13.3. The molecule has 2 aliphatic rings. The van der Waals surface area contributed by atoms with Crippen molar-refractivity contribution in [3.8, 4) is 0 Å². The number of carbonyl (C=O) groups is 3. The van der Waals surface area contributed by atoms with Crippen molar-refractivity contribution in [1.82, 2.24) is 14.7 Å². The van der Waals surface area contributed by atoms with Crippen molar-refractivity contribution >= 4 is 23.5 Å². The smallest absolute Gasteiger partial charge is 0.321 e. The summed E-state index contributed by atoms with van der Waals surface area (Å²) in [5.41, 5.74) is 0.350. The number of nitrogens with one attached hydrogen (secondary N) is 1. The van der Waals surface area contributed by atoms with Gasteiger partial charge in [-0.15, -0.1) is 0 Å². The van der Waals surface area contributed by atoms with E-state index in [1.165, 1.54) is 28.0 Å². The molecule has 1 N–H and O–H groups in total. The Morgan fingerprint density at radius 1 is 1.26 bits per heavy atom. The number of rotatable bonds is 3. The van der Waals surface area contributed by atoms with E-state index in [4.69, 9.17) is 0 Å². The molecule has 2 saturated heterocycles. The number of likely N-dealkylation sites (N-methyl/N-ethyl adjacent to an activating group) is 1. The van der Waals surface area contributed by atoms with E-state index in [9.17, 15) is 18.8 Å². The third kappa shape index (κ3) is 3.89. The number of fused-ring (bicyclic) bond motifs is 1. The summed E-state index contributed by atoms with van der Waals surface area (Å²) in [6, 6.07) is 4.11.